The third kappa shape index (κ3) is 2.40. The first-order chi connectivity index (χ1) is 9.65. The predicted molar refractivity (Wildman–Crippen MR) is 82.0 cm³/mol. The number of halogens is 1. The van der Waals surface area contributed by atoms with Crippen LogP contribution in [0.5, 0.6) is 0 Å². The highest BCUT2D eigenvalue weighted by Crippen LogP contribution is 2.23. The maximum atomic E-state index is 11.9. The summed E-state index contributed by atoms with van der Waals surface area (Å²) in [7, 11) is 0. The lowest BCUT2D eigenvalue weighted by molar-refractivity contribution is 0.504. The van der Waals surface area contributed by atoms with Gasteiger partial charge in [0.1, 0.15) is 6.26 Å². The first-order valence-electron chi connectivity index (χ1n) is 5.91. The fourth-order valence-corrected chi connectivity index (χ4v) is 2.25. The van der Waals surface area contributed by atoms with Crippen LogP contribution in [0.2, 0.25) is 5.02 Å². The molecule has 100 valence electrons. The van der Waals surface area contributed by atoms with Gasteiger partial charge in [0.15, 0.2) is 0 Å². The normalized spacial score (nSPS) is 10.7. The standard InChI is InChI=1S/C15H10ClNO2S/c16-11-3-5-12(6-4-11)17-14(9-19-15(17)18)10-1-7-13(20)8-2-10/h1-9,20H. The molecule has 0 unspecified atom stereocenters. The van der Waals surface area contributed by atoms with Gasteiger partial charge in [-0.05, 0) is 36.4 Å². The van der Waals surface area contributed by atoms with Crippen molar-refractivity contribution in [2.75, 3.05) is 0 Å². The first-order valence-corrected chi connectivity index (χ1v) is 6.73. The summed E-state index contributed by atoms with van der Waals surface area (Å²) in [5.74, 6) is -0.433. The number of hydrogen-bond acceptors (Lipinski definition) is 3. The largest absolute Gasteiger partial charge is 0.424 e. The molecule has 3 rings (SSSR count). The zero-order valence-corrected chi connectivity index (χ0v) is 11.9. The highest BCUT2D eigenvalue weighted by molar-refractivity contribution is 7.80. The zero-order valence-electron chi connectivity index (χ0n) is 10.3. The third-order valence-corrected chi connectivity index (χ3v) is 3.49. The number of hydrogen-bond donors (Lipinski definition) is 1. The van der Waals surface area contributed by atoms with Crippen LogP contribution in [-0.4, -0.2) is 4.57 Å². The SMILES string of the molecule is O=c1occ(-c2ccc(S)cc2)n1-c1ccc(Cl)cc1. The Balaban J connectivity index is 2.17. The molecule has 0 spiro atoms. The van der Waals surface area contributed by atoms with Crippen molar-refractivity contribution in [2.24, 2.45) is 0 Å². The summed E-state index contributed by atoms with van der Waals surface area (Å²) in [5, 5.41) is 0.617. The summed E-state index contributed by atoms with van der Waals surface area (Å²) in [5.41, 5.74) is 2.27. The molecule has 0 aliphatic rings. The van der Waals surface area contributed by atoms with Gasteiger partial charge in [-0.1, -0.05) is 23.7 Å². The molecule has 0 atom stereocenters. The molecule has 0 aliphatic carbocycles. The van der Waals surface area contributed by atoms with Crippen molar-refractivity contribution < 1.29 is 4.42 Å². The third-order valence-electron chi connectivity index (χ3n) is 2.94. The van der Waals surface area contributed by atoms with E-state index in [1.165, 1.54) is 10.8 Å². The van der Waals surface area contributed by atoms with Gasteiger partial charge in [0, 0.05) is 15.5 Å². The Morgan fingerprint density at radius 3 is 2.30 bits per heavy atom. The van der Waals surface area contributed by atoms with Crippen LogP contribution in [0.1, 0.15) is 0 Å². The fourth-order valence-electron chi connectivity index (χ4n) is 1.97. The van der Waals surface area contributed by atoms with Gasteiger partial charge in [-0.3, -0.25) is 0 Å². The summed E-state index contributed by atoms with van der Waals surface area (Å²) < 4.78 is 6.52. The van der Waals surface area contributed by atoms with Gasteiger partial charge in [0.2, 0.25) is 0 Å². The second-order valence-corrected chi connectivity index (χ2v) is 5.20. The van der Waals surface area contributed by atoms with E-state index in [-0.39, 0.29) is 0 Å². The Labute approximate surface area is 125 Å². The molecule has 20 heavy (non-hydrogen) atoms. The Hall–Kier alpha value is -1.91. The van der Waals surface area contributed by atoms with Gasteiger partial charge in [0.05, 0.1) is 11.4 Å². The van der Waals surface area contributed by atoms with Crippen LogP contribution in [0, 0.1) is 0 Å². The van der Waals surface area contributed by atoms with Crippen LogP contribution in [0.25, 0.3) is 16.9 Å². The van der Waals surface area contributed by atoms with E-state index in [2.05, 4.69) is 12.6 Å². The van der Waals surface area contributed by atoms with Gasteiger partial charge in [-0.2, -0.15) is 0 Å². The van der Waals surface area contributed by atoms with Gasteiger partial charge >= 0.3 is 5.76 Å². The average molecular weight is 304 g/mol. The van der Waals surface area contributed by atoms with E-state index in [9.17, 15) is 4.79 Å². The Kier molecular flexibility index (Phi) is 3.42. The molecule has 3 aromatic rings. The number of thiol groups is 1. The molecule has 0 saturated carbocycles. The molecule has 0 fully saturated rings. The van der Waals surface area contributed by atoms with Crippen molar-refractivity contribution in [3.8, 4) is 16.9 Å². The Morgan fingerprint density at radius 1 is 1.00 bits per heavy atom. The number of aromatic nitrogens is 1. The number of benzene rings is 2. The molecule has 0 radical (unpaired) electrons. The highest BCUT2D eigenvalue weighted by Gasteiger charge is 2.12. The first kappa shape index (κ1) is 13.1. The van der Waals surface area contributed by atoms with Crippen LogP contribution in [-0.2, 0) is 0 Å². The second kappa shape index (κ2) is 5.23. The van der Waals surface area contributed by atoms with Gasteiger partial charge in [-0.15, -0.1) is 12.6 Å². The summed E-state index contributed by atoms with van der Waals surface area (Å²) >= 11 is 10.1. The second-order valence-electron chi connectivity index (χ2n) is 4.25. The average Bonchev–Trinajstić information content (AvgIpc) is 2.83. The molecular weight excluding hydrogens is 294 g/mol. The van der Waals surface area contributed by atoms with E-state index in [1.807, 2.05) is 24.3 Å². The number of nitrogens with zero attached hydrogens (tertiary/aromatic N) is 1. The molecular formula is C15H10ClNO2S. The Morgan fingerprint density at radius 2 is 1.65 bits per heavy atom. The van der Waals surface area contributed by atoms with E-state index < -0.39 is 5.76 Å². The minimum Gasteiger partial charge on any atom is -0.415 e. The lowest BCUT2D eigenvalue weighted by Gasteiger charge is -2.06. The Bertz CT molecular complexity index is 788. The van der Waals surface area contributed by atoms with Gasteiger partial charge in [0.25, 0.3) is 0 Å². The number of oxazole rings is 1. The van der Waals surface area contributed by atoms with Crippen molar-refractivity contribution in [3.05, 3.63) is 70.4 Å². The molecule has 0 saturated heterocycles. The molecule has 0 amide bonds. The minimum absolute atomic E-state index is 0.433. The lowest BCUT2D eigenvalue weighted by atomic mass is 10.1. The topological polar surface area (TPSA) is 35.1 Å². The van der Waals surface area contributed by atoms with Gasteiger partial charge in [-0.25, -0.2) is 9.36 Å². The van der Waals surface area contributed by atoms with E-state index >= 15 is 0 Å². The summed E-state index contributed by atoms with van der Waals surface area (Å²) in [4.78, 5) is 12.8. The molecule has 3 nitrogen and oxygen atoms in total. The lowest BCUT2D eigenvalue weighted by Crippen LogP contribution is -2.12. The van der Waals surface area contributed by atoms with Crippen LogP contribution in [0.3, 0.4) is 0 Å². The summed E-state index contributed by atoms with van der Waals surface area (Å²) in [6.45, 7) is 0. The molecule has 0 aliphatic heterocycles. The van der Waals surface area contributed by atoms with Crippen LogP contribution < -0.4 is 5.76 Å². The molecule has 0 N–H and O–H groups in total. The zero-order chi connectivity index (χ0) is 14.1. The van der Waals surface area contributed by atoms with Crippen LogP contribution in [0.15, 0.2) is 68.9 Å². The van der Waals surface area contributed by atoms with E-state index in [0.29, 0.717) is 16.4 Å². The molecule has 0 bridgehead atoms. The molecule has 1 aromatic heterocycles. The monoisotopic (exact) mass is 303 g/mol. The van der Waals surface area contributed by atoms with Crippen molar-refractivity contribution in [1.29, 1.82) is 0 Å². The maximum Gasteiger partial charge on any atom is 0.424 e. The van der Waals surface area contributed by atoms with Crippen LogP contribution in [0.4, 0.5) is 0 Å². The quantitative estimate of drug-likeness (QED) is 0.725. The van der Waals surface area contributed by atoms with E-state index in [4.69, 9.17) is 16.0 Å². The highest BCUT2D eigenvalue weighted by atomic mass is 35.5. The van der Waals surface area contributed by atoms with E-state index in [0.717, 1.165) is 10.5 Å². The van der Waals surface area contributed by atoms with Gasteiger partial charge < -0.3 is 4.42 Å². The summed E-state index contributed by atoms with van der Waals surface area (Å²) in [6.07, 6.45) is 1.45. The molecule has 1 heterocycles. The minimum atomic E-state index is -0.433. The van der Waals surface area contributed by atoms with Crippen molar-refractivity contribution in [3.63, 3.8) is 0 Å². The van der Waals surface area contributed by atoms with Crippen molar-refractivity contribution in [1.82, 2.24) is 4.57 Å². The van der Waals surface area contributed by atoms with Crippen molar-refractivity contribution >= 4 is 24.2 Å². The smallest absolute Gasteiger partial charge is 0.415 e. The maximum absolute atomic E-state index is 11.9. The fraction of sp³-hybridized carbons (Fsp3) is 0. The van der Waals surface area contributed by atoms with Crippen LogP contribution >= 0.6 is 24.2 Å². The van der Waals surface area contributed by atoms with Crippen molar-refractivity contribution in [2.45, 2.75) is 4.90 Å². The molecule has 5 heteroatoms. The van der Waals surface area contributed by atoms with E-state index in [1.54, 1.807) is 24.3 Å². The molecule has 2 aromatic carbocycles. The number of rotatable bonds is 2. The summed E-state index contributed by atoms with van der Waals surface area (Å²) in [6, 6.07) is 14.5. The predicted octanol–water partition coefficient (Wildman–Crippen LogP) is 4.04.